The van der Waals surface area contributed by atoms with Gasteiger partial charge in [0.2, 0.25) is 0 Å². The monoisotopic (exact) mass is 445 g/mol. The standard InChI is InChI=1S/C20H12ClNO5S2/c21-16-9-5-4-8-15(16)19(23)22(29(25,26)14-6-2-1-3-7-14)13-10-11-17-18(12-13)28-20(24)27-17/h1-12H. The number of halogens is 1. The lowest BCUT2D eigenvalue weighted by Gasteiger charge is -2.23. The Morgan fingerprint density at radius 3 is 2.38 bits per heavy atom. The minimum Gasteiger partial charge on any atom is -0.414 e. The Labute approximate surface area is 174 Å². The van der Waals surface area contributed by atoms with Crippen molar-refractivity contribution in [2.24, 2.45) is 0 Å². The van der Waals surface area contributed by atoms with Gasteiger partial charge in [-0.25, -0.2) is 13.2 Å². The molecule has 0 aliphatic rings. The van der Waals surface area contributed by atoms with Crippen molar-refractivity contribution in [2.75, 3.05) is 4.31 Å². The van der Waals surface area contributed by atoms with E-state index in [2.05, 4.69) is 0 Å². The maximum absolute atomic E-state index is 13.4. The van der Waals surface area contributed by atoms with Gasteiger partial charge in [0.1, 0.15) is 5.58 Å². The van der Waals surface area contributed by atoms with Crippen LogP contribution in [-0.4, -0.2) is 14.3 Å². The molecular formula is C20H12ClNO5S2. The highest BCUT2D eigenvalue weighted by atomic mass is 35.5. The van der Waals surface area contributed by atoms with Crippen molar-refractivity contribution in [2.45, 2.75) is 4.90 Å². The molecule has 9 heteroatoms. The van der Waals surface area contributed by atoms with E-state index >= 15 is 0 Å². The van der Waals surface area contributed by atoms with Crippen LogP contribution in [0.2, 0.25) is 5.02 Å². The summed E-state index contributed by atoms with van der Waals surface area (Å²) < 4.78 is 32.9. The van der Waals surface area contributed by atoms with Gasteiger partial charge in [-0.05, 0) is 42.5 Å². The molecule has 0 saturated carbocycles. The topological polar surface area (TPSA) is 84.7 Å². The molecule has 0 unspecified atom stereocenters. The number of hydrogen-bond donors (Lipinski definition) is 0. The Bertz CT molecular complexity index is 1380. The van der Waals surface area contributed by atoms with Crippen LogP contribution >= 0.6 is 22.9 Å². The second-order valence-corrected chi connectivity index (χ2v) is 9.12. The third kappa shape index (κ3) is 3.57. The molecule has 0 aliphatic carbocycles. The zero-order chi connectivity index (χ0) is 20.6. The molecule has 6 nitrogen and oxygen atoms in total. The Hall–Kier alpha value is -2.94. The molecule has 0 saturated heterocycles. The number of fused-ring (bicyclic) bond motifs is 1. The van der Waals surface area contributed by atoms with Gasteiger partial charge >= 0.3 is 4.94 Å². The molecule has 0 fully saturated rings. The summed E-state index contributed by atoms with van der Waals surface area (Å²) in [4.78, 5) is 24.3. The number of anilines is 1. The fourth-order valence-corrected chi connectivity index (χ4v) is 5.13. The average molecular weight is 446 g/mol. The first-order valence-electron chi connectivity index (χ1n) is 8.31. The van der Waals surface area contributed by atoms with Crippen LogP contribution in [0.1, 0.15) is 10.4 Å². The summed E-state index contributed by atoms with van der Waals surface area (Å²) in [7, 11) is -4.26. The van der Waals surface area contributed by atoms with Crippen molar-refractivity contribution in [1.29, 1.82) is 0 Å². The number of benzene rings is 3. The summed E-state index contributed by atoms with van der Waals surface area (Å²) in [5.74, 6) is -0.811. The zero-order valence-electron chi connectivity index (χ0n) is 14.6. The van der Waals surface area contributed by atoms with Gasteiger partial charge in [0, 0.05) is 0 Å². The van der Waals surface area contributed by atoms with Crippen molar-refractivity contribution in [3.8, 4) is 0 Å². The molecule has 0 atom stereocenters. The van der Waals surface area contributed by atoms with Crippen LogP contribution in [0.15, 0.2) is 86.9 Å². The van der Waals surface area contributed by atoms with Gasteiger partial charge in [-0.3, -0.25) is 4.79 Å². The molecule has 146 valence electrons. The van der Waals surface area contributed by atoms with E-state index in [0.29, 0.717) is 14.6 Å². The van der Waals surface area contributed by atoms with Gasteiger partial charge in [-0.1, -0.05) is 53.3 Å². The minimum absolute atomic E-state index is 0.0363. The fourth-order valence-electron chi connectivity index (χ4n) is 2.79. The molecule has 1 heterocycles. The average Bonchev–Trinajstić information content (AvgIpc) is 3.08. The van der Waals surface area contributed by atoms with Gasteiger partial charge < -0.3 is 4.42 Å². The van der Waals surface area contributed by atoms with Crippen molar-refractivity contribution >= 4 is 54.8 Å². The predicted octanol–water partition coefficient (Wildman–Crippen LogP) is 4.54. The van der Waals surface area contributed by atoms with Gasteiger partial charge in [-0.15, -0.1) is 0 Å². The Morgan fingerprint density at radius 1 is 0.966 bits per heavy atom. The van der Waals surface area contributed by atoms with E-state index in [1.54, 1.807) is 30.3 Å². The lowest BCUT2D eigenvalue weighted by Crippen LogP contribution is -2.37. The van der Waals surface area contributed by atoms with Crippen LogP contribution < -0.4 is 9.24 Å². The molecule has 4 rings (SSSR count). The number of nitrogens with zero attached hydrogens (tertiary/aromatic N) is 1. The molecule has 29 heavy (non-hydrogen) atoms. The van der Waals surface area contributed by atoms with Crippen molar-refractivity contribution < 1.29 is 17.6 Å². The van der Waals surface area contributed by atoms with Crippen molar-refractivity contribution in [1.82, 2.24) is 0 Å². The highest BCUT2D eigenvalue weighted by Gasteiger charge is 2.33. The van der Waals surface area contributed by atoms with E-state index in [1.807, 2.05) is 0 Å². The number of sulfonamides is 1. The molecule has 0 radical (unpaired) electrons. The number of rotatable bonds is 4. The van der Waals surface area contributed by atoms with Crippen LogP contribution in [0.25, 0.3) is 10.3 Å². The lowest BCUT2D eigenvalue weighted by atomic mass is 10.2. The first-order valence-corrected chi connectivity index (χ1v) is 10.9. The normalized spacial score (nSPS) is 11.5. The van der Waals surface area contributed by atoms with E-state index in [0.717, 1.165) is 11.3 Å². The molecule has 1 amide bonds. The summed E-state index contributed by atoms with van der Waals surface area (Å²) >= 11 is 6.97. The summed E-state index contributed by atoms with van der Waals surface area (Å²) in [6, 6.07) is 18.1. The second kappa shape index (κ2) is 7.47. The second-order valence-electron chi connectivity index (χ2n) is 5.95. The maximum atomic E-state index is 13.4. The zero-order valence-corrected chi connectivity index (χ0v) is 17.0. The van der Waals surface area contributed by atoms with Gasteiger partial charge in [-0.2, -0.15) is 4.31 Å². The first-order chi connectivity index (χ1) is 13.9. The molecule has 0 N–H and O–H groups in total. The molecule has 4 aromatic rings. The molecule has 1 aromatic heterocycles. The number of carbonyl (C=O) groups is 1. The third-order valence-electron chi connectivity index (χ3n) is 4.12. The van der Waals surface area contributed by atoms with Gasteiger partial charge in [0.05, 0.1) is 25.9 Å². The number of amides is 1. The van der Waals surface area contributed by atoms with Crippen LogP contribution in [-0.2, 0) is 10.0 Å². The summed E-state index contributed by atoms with van der Waals surface area (Å²) in [6.07, 6.45) is 0. The van der Waals surface area contributed by atoms with Crippen molar-refractivity contribution in [3.05, 3.63) is 93.1 Å². The highest BCUT2D eigenvalue weighted by Crippen LogP contribution is 2.31. The lowest BCUT2D eigenvalue weighted by molar-refractivity contribution is 0.101. The molecular weight excluding hydrogens is 434 g/mol. The third-order valence-corrected chi connectivity index (χ3v) is 6.96. The SMILES string of the molecule is O=C(c1ccccc1Cl)N(c1ccc2oc(=O)sc2c1)S(=O)(=O)c1ccccc1. The van der Waals surface area contributed by atoms with Crippen LogP contribution in [0.4, 0.5) is 5.69 Å². The largest absolute Gasteiger partial charge is 0.414 e. The van der Waals surface area contributed by atoms with E-state index < -0.39 is 20.9 Å². The van der Waals surface area contributed by atoms with Crippen LogP contribution in [0.3, 0.4) is 0 Å². The smallest absolute Gasteiger partial charge is 0.396 e. The van der Waals surface area contributed by atoms with E-state index in [-0.39, 0.29) is 21.2 Å². The molecule has 3 aromatic carbocycles. The minimum atomic E-state index is -4.26. The maximum Gasteiger partial charge on any atom is 0.396 e. The van der Waals surface area contributed by atoms with Crippen LogP contribution in [0, 0.1) is 0 Å². The first kappa shape index (κ1) is 19.4. The molecule has 0 aliphatic heterocycles. The van der Waals surface area contributed by atoms with Gasteiger partial charge in [0.25, 0.3) is 15.9 Å². The summed E-state index contributed by atoms with van der Waals surface area (Å²) in [5.41, 5.74) is 0.420. The molecule has 0 bridgehead atoms. The quantitative estimate of drug-likeness (QED) is 0.460. The molecule has 0 spiro atoms. The Kier molecular flexibility index (Phi) is 4.99. The Balaban J connectivity index is 1.94. The van der Waals surface area contributed by atoms with Gasteiger partial charge in [0.15, 0.2) is 0 Å². The van der Waals surface area contributed by atoms with E-state index in [9.17, 15) is 18.0 Å². The van der Waals surface area contributed by atoms with E-state index in [4.69, 9.17) is 16.0 Å². The van der Waals surface area contributed by atoms with Crippen molar-refractivity contribution in [3.63, 3.8) is 0 Å². The predicted molar refractivity (Wildman–Crippen MR) is 112 cm³/mol. The Morgan fingerprint density at radius 2 is 1.66 bits per heavy atom. The summed E-state index contributed by atoms with van der Waals surface area (Å²) in [5, 5.41) is 0.125. The highest BCUT2D eigenvalue weighted by molar-refractivity contribution is 7.93. The number of carbonyl (C=O) groups excluding carboxylic acids is 1. The van der Waals surface area contributed by atoms with Crippen LogP contribution in [0.5, 0.6) is 0 Å². The summed E-state index contributed by atoms with van der Waals surface area (Å²) in [6.45, 7) is 0. The van der Waals surface area contributed by atoms with E-state index in [1.165, 1.54) is 42.5 Å². The number of hydrogen-bond acceptors (Lipinski definition) is 6. The fraction of sp³-hybridized carbons (Fsp3) is 0.